The lowest BCUT2D eigenvalue weighted by Crippen LogP contribution is -2.24. The number of hydrogen-bond acceptors (Lipinski definition) is 7. The van der Waals surface area contributed by atoms with Gasteiger partial charge < -0.3 is 14.2 Å². The largest absolute Gasteiger partial charge is 0.454 e. The van der Waals surface area contributed by atoms with Gasteiger partial charge in [-0.3, -0.25) is 4.79 Å². The number of benzene rings is 3. The average molecular weight is 488 g/mol. The van der Waals surface area contributed by atoms with Gasteiger partial charge in [0.25, 0.3) is 0 Å². The van der Waals surface area contributed by atoms with Crippen LogP contribution >= 0.6 is 11.6 Å². The lowest BCUT2D eigenvalue weighted by molar-refractivity contribution is 0.0474. The maximum Gasteiger partial charge on any atom is 0.338 e. The van der Waals surface area contributed by atoms with Crippen molar-refractivity contribution in [1.82, 2.24) is 4.72 Å². The minimum atomic E-state index is -4.01. The summed E-state index contributed by atoms with van der Waals surface area (Å²) >= 11 is 6.07. The third-order valence-corrected chi connectivity index (χ3v) is 6.68. The van der Waals surface area contributed by atoms with Crippen molar-refractivity contribution in [2.24, 2.45) is 0 Å². The van der Waals surface area contributed by atoms with E-state index in [1.807, 2.05) is 6.07 Å². The van der Waals surface area contributed by atoms with Gasteiger partial charge in [0, 0.05) is 12.1 Å². The Morgan fingerprint density at radius 3 is 2.45 bits per heavy atom. The number of ketones is 1. The third kappa shape index (κ3) is 5.33. The Morgan fingerprint density at radius 1 is 0.939 bits per heavy atom. The third-order valence-electron chi connectivity index (χ3n) is 4.79. The maximum atomic E-state index is 12.7. The predicted octanol–water partition coefficient (Wildman–Crippen LogP) is 3.59. The number of esters is 1. The quantitative estimate of drug-likeness (QED) is 0.382. The van der Waals surface area contributed by atoms with E-state index in [9.17, 15) is 18.0 Å². The van der Waals surface area contributed by atoms with E-state index in [0.29, 0.717) is 11.5 Å². The molecule has 0 aliphatic carbocycles. The molecule has 0 radical (unpaired) electrons. The second kappa shape index (κ2) is 9.62. The topological polar surface area (TPSA) is 108 Å². The number of carbonyl (C=O) groups is 2. The number of carbonyl (C=O) groups excluding carboxylic acids is 2. The minimum Gasteiger partial charge on any atom is -0.454 e. The summed E-state index contributed by atoms with van der Waals surface area (Å²) in [5.74, 6) is -0.352. The lowest BCUT2D eigenvalue weighted by atomic mass is 10.1. The predicted molar refractivity (Wildman–Crippen MR) is 119 cm³/mol. The van der Waals surface area contributed by atoms with Crippen molar-refractivity contribution in [1.29, 1.82) is 0 Å². The van der Waals surface area contributed by atoms with E-state index in [1.165, 1.54) is 24.3 Å². The molecule has 1 aliphatic rings. The van der Waals surface area contributed by atoms with E-state index in [1.54, 1.807) is 30.3 Å². The number of sulfonamides is 1. The Labute approximate surface area is 195 Å². The molecule has 33 heavy (non-hydrogen) atoms. The highest BCUT2D eigenvalue weighted by atomic mass is 35.5. The van der Waals surface area contributed by atoms with Crippen LogP contribution in [0.3, 0.4) is 0 Å². The molecule has 0 saturated carbocycles. The van der Waals surface area contributed by atoms with Crippen molar-refractivity contribution >= 4 is 33.4 Å². The molecule has 1 N–H and O–H groups in total. The van der Waals surface area contributed by atoms with Crippen LogP contribution in [0.15, 0.2) is 71.6 Å². The lowest BCUT2D eigenvalue weighted by Gasteiger charge is -2.10. The molecule has 0 amide bonds. The standard InChI is InChI=1S/C23H18ClNO7S/c24-18-8-6-17(11-22(18)33(28,29)25-12-15-4-2-1-3-5-15)23(27)30-13-19(26)16-7-9-20-21(10-16)32-14-31-20/h1-11,25H,12-14H2. The van der Waals surface area contributed by atoms with E-state index in [0.717, 1.165) is 11.6 Å². The van der Waals surface area contributed by atoms with Crippen LogP contribution in [0.5, 0.6) is 11.5 Å². The smallest absolute Gasteiger partial charge is 0.338 e. The van der Waals surface area contributed by atoms with E-state index in [-0.39, 0.29) is 34.4 Å². The Kier molecular flexibility index (Phi) is 6.64. The summed E-state index contributed by atoms with van der Waals surface area (Å²) in [5, 5.41) is -0.0523. The first-order chi connectivity index (χ1) is 15.8. The fraction of sp³-hybridized carbons (Fsp3) is 0.130. The number of fused-ring (bicyclic) bond motifs is 1. The van der Waals surface area contributed by atoms with E-state index in [4.69, 9.17) is 25.8 Å². The molecule has 0 bridgehead atoms. The number of halogens is 1. The van der Waals surface area contributed by atoms with Crippen molar-refractivity contribution < 1.29 is 32.2 Å². The normalized spacial score (nSPS) is 12.4. The molecule has 0 aromatic heterocycles. The van der Waals surface area contributed by atoms with Crippen molar-refractivity contribution in [3.8, 4) is 11.5 Å². The van der Waals surface area contributed by atoms with Crippen molar-refractivity contribution in [2.45, 2.75) is 11.4 Å². The summed E-state index contributed by atoms with van der Waals surface area (Å²) in [5.41, 5.74) is 0.990. The fourth-order valence-corrected chi connectivity index (χ4v) is 4.60. The highest BCUT2D eigenvalue weighted by molar-refractivity contribution is 7.89. The molecule has 0 unspecified atom stereocenters. The summed E-state index contributed by atoms with van der Waals surface area (Å²) in [6.07, 6.45) is 0. The first kappa shape index (κ1) is 22.8. The summed E-state index contributed by atoms with van der Waals surface area (Å²) in [6.45, 7) is -0.405. The van der Waals surface area contributed by atoms with Crippen LogP contribution in [0.4, 0.5) is 0 Å². The van der Waals surface area contributed by atoms with E-state index >= 15 is 0 Å². The molecule has 0 atom stereocenters. The molecule has 170 valence electrons. The zero-order valence-electron chi connectivity index (χ0n) is 17.1. The number of Topliss-reactive ketones (excluding diaryl/α,β-unsaturated/α-hetero) is 1. The van der Waals surface area contributed by atoms with E-state index < -0.39 is 28.4 Å². The van der Waals surface area contributed by atoms with E-state index in [2.05, 4.69) is 4.72 Å². The molecular weight excluding hydrogens is 470 g/mol. The van der Waals surface area contributed by atoms with Gasteiger partial charge in [-0.2, -0.15) is 0 Å². The Morgan fingerprint density at radius 2 is 1.67 bits per heavy atom. The Bertz CT molecular complexity index is 1310. The maximum absolute atomic E-state index is 12.7. The Hall–Kier alpha value is -3.40. The second-order valence-corrected chi connectivity index (χ2v) is 9.17. The average Bonchev–Trinajstić information content (AvgIpc) is 3.30. The van der Waals surface area contributed by atoms with Crippen molar-refractivity contribution in [3.63, 3.8) is 0 Å². The summed E-state index contributed by atoms with van der Waals surface area (Å²) in [6, 6.07) is 17.3. The molecule has 0 spiro atoms. The van der Waals surface area contributed by atoms with Gasteiger partial charge in [-0.05, 0) is 42.0 Å². The zero-order chi connectivity index (χ0) is 23.4. The molecule has 10 heteroatoms. The SMILES string of the molecule is O=C(COC(=O)c1ccc(Cl)c(S(=O)(=O)NCc2ccccc2)c1)c1ccc2c(c1)OCO2. The van der Waals surface area contributed by atoms with Gasteiger partial charge in [0.1, 0.15) is 4.90 Å². The van der Waals surface area contributed by atoms with Crippen molar-refractivity contribution in [2.75, 3.05) is 13.4 Å². The molecule has 1 heterocycles. The Balaban J connectivity index is 1.43. The number of rotatable bonds is 8. The van der Waals surface area contributed by atoms with Crippen molar-refractivity contribution in [3.05, 3.63) is 88.4 Å². The van der Waals surface area contributed by atoms with Gasteiger partial charge >= 0.3 is 5.97 Å². The van der Waals surface area contributed by atoms with Crippen LogP contribution in [0.25, 0.3) is 0 Å². The molecule has 1 aliphatic heterocycles. The monoisotopic (exact) mass is 487 g/mol. The zero-order valence-corrected chi connectivity index (χ0v) is 18.7. The van der Waals surface area contributed by atoms with Gasteiger partial charge in [0.15, 0.2) is 23.9 Å². The molecule has 3 aromatic rings. The number of ether oxygens (including phenoxy) is 3. The van der Waals surface area contributed by atoms with Gasteiger partial charge in [0.2, 0.25) is 16.8 Å². The molecule has 4 rings (SSSR count). The first-order valence-electron chi connectivity index (χ1n) is 9.76. The molecule has 8 nitrogen and oxygen atoms in total. The van der Waals surface area contributed by atoms with Crippen LogP contribution in [0.2, 0.25) is 5.02 Å². The van der Waals surface area contributed by atoms with Crippen LogP contribution in [-0.2, 0) is 21.3 Å². The fourth-order valence-electron chi connectivity index (χ4n) is 3.06. The molecular formula is C23H18ClNO7S. The highest BCUT2D eigenvalue weighted by Gasteiger charge is 2.22. The first-order valence-corrected chi connectivity index (χ1v) is 11.6. The molecule has 0 fully saturated rings. The summed E-state index contributed by atoms with van der Waals surface area (Å²) < 4.78 is 43.4. The second-order valence-electron chi connectivity index (χ2n) is 7.02. The molecule has 0 saturated heterocycles. The van der Waals surface area contributed by atoms with Gasteiger partial charge in [-0.1, -0.05) is 41.9 Å². The van der Waals surface area contributed by atoms with Gasteiger partial charge in [-0.15, -0.1) is 0 Å². The molecule has 3 aromatic carbocycles. The van der Waals surface area contributed by atoms with Crippen LogP contribution in [-0.4, -0.2) is 33.6 Å². The highest BCUT2D eigenvalue weighted by Crippen LogP contribution is 2.32. The van der Waals surface area contributed by atoms with Gasteiger partial charge in [-0.25, -0.2) is 17.9 Å². The van der Waals surface area contributed by atoms with Crippen LogP contribution < -0.4 is 14.2 Å². The summed E-state index contributed by atoms with van der Waals surface area (Å²) in [7, 11) is -4.01. The van der Waals surface area contributed by atoms with Gasteiger partial charge in [0.05, 0.1) is 10.6 Å². The summed E-state index contributed by atoms with van der Waals surface area (Å²) in [4.78, 5) is 24.6. The minimum absolute atomic E-state index is 0.0523. The number of nitrogens with one attached hydrogen (secondary N) is 1. The van der Waals surface area contributed by atoms with Crippen LogP contribution in [0.1, 0.15) is 26.3 Å². The van der Waals surface area contributed by atoms with Crippen LogP contribution in [0, 0.1) is 0 Å². The number of hydrogen-bond donors (Lipinski definition) is 1.